The number of unbranched alkanes of at least 4 members (excludes halogenated alkanes) is 1. The molecule has 2 heteroatoms. The van der Waals surface area contributed by atoms with Crippen LogP contribution in [0.3, 0.4) is 0 Å². The highest BCUT2D eigenvalue weighted by molar-refractivity contribution is 6.78. The first-order chi connectivity index (χ1) is 9.63. The van der Waals surface area contributed by atoms with Crippen LogP contribution in [0.15, 0.2) is 30.3 Å². The molecule has 0 unspecified atom stereocenters. The minimum absolute atomic E-state index is 0.536. The Hall–Kier alpha value is -0.603. The fourth-order valence-corrected chi connectivity index (χ4v) is 7.48. The van der Waals surface area contributed by atoms with E-state index in [9.17, 15) is 0 Å². The Bertz CT molecular complexity index is 388. The maximum Gasteiger partial charge on any atom is 0.0579 e. The lowest BCUT2D eigenvalue weighted by molar-refractivity contribution is 0.00822. The highest BCUT2D eigenvalue weighted by Crippen LogP contribution is 2.39. The van der Waals surface area contributed by atoms with Crippen LogP contribution in [0.1, 0.15) is 44.6 Å². The van der Waals surface area contributed by atoms with Crippen LogP contribution in [0.5, 0.6) is 0 Å². The van der Waals surface area contributed by atoms with Gasteiger partial charge in [0.15, 0.2) is 0 Å². The molecule has 2 rings (SSSR count). The molecule has 0 aliphatic carbocycles. The van der Waals surface area contributed by atoms with Gasteiger partial charge in [-0.15, -0.1) is 0 Å². The lowest BCUT2D eigenvalue weighted by atomic mass is 10.0. The number of rotatable bonds is 6. The fraction of sp³-hybridized carbons (Fsp3) is 0.667. The Balaban J connectivity index is 2.04. The number of hydrogen-bond donors (Lipinski definition) is 0. The van der Waals surface area contributed by atoms with Crippen molar-refractivity contribution in [2.24, 2.45) is 0 Å². The van der Waals surface area contributed by atoms with Crippen LogP contribution in [0.25, 0.3) is 0 Å². The predicted molar refractivity (Wildman–Crippen MR) is 89.9 cm³/mol. The van der Waals surface area contributed by atoms with Gasteiger partial charge in [0.1, 0.15) is 0 Å². The molecule has 0 aromatic heterocycles. The Morgan fingerprint density at radius 1 is 1.20 bits per heavy atom. The molecule has 0 bridgehead atoms. The molecule has 0 N–H and O–H groups in total. The lowest BCUT2D eigenvalue weighted by Gasteiger charge is -2.41. The summed E-state index contributed by atoms with van der Waals surface area (Å²) < 4.78 is 6.15. The third kappa shape index (κ3) is 4.19. The average Bonchev–Trinajstić information content (AvgIpc) is 2.46. The first kappa shape index (κ1) is 15.8. The first-order valence-corrected chi connectivity index (χ1v) is 11.6. The molecule has 0 radical (unpaired) electrons. The van der Waals surface area contributed by atoms with E-state index in [2.05, 4.69) is 50.3 Å². The molecule has 0 amide bonds. The lowest BCUT2D eigenvalue weighted by Crippen LogP contribution is -2.44. The molecule has 0 spiro atoms. The largest absolute Gasteiger partial charge is 0.378 e. The van der Waals surface area contributed by atoms with Gasteiger partial charge < -0.3 is 4.74 Å². The molecule has 20 heavy (non-hydrogen) atoms. The van der Waals surface area contributed by atoms with Gasteiger partial charge in [-0.2, -0.15) is 0 Å². The van der Waals surface area contributed by atoms with Gasteiger partial charge in [0.2, 0.25) is 0 Å². The van der Waals surface area contributed by atoms with Gasteiger partial charge in [0, 0.05) is 6.61 Å². The van der Waals surface area contributed by atoms with E-state index in [4.69, 9.17) is 4.74 Å². The van der Waals surface area contributed by atoms with E-state index >= 15 is 0 Å². The molecule has 1 aromatic rings. The van der Waals surface area contributed by atoms with Gasteiger partial charge in [-0.3, -0.25) is 0 Å². The molecule has 1 fully saturated rings. The maximum absolute atomic E-state index is 6.15. The molecule has 1 aromatic carbocycles. The Labute approximate surface area is 125 Å². The van der Waals surface area contributed by atoms with Crippen LogP contribution >= 0.6 is 0 Å². The van der Waals surface area contributed by atoms with Crippen molar-refractivity contribution in [3.05, 3.63) is 35.9 Å². The monoisotopic (exact) mass is 290 g/mol. The molecule has 112 valence electrons. The molecular formula is C18H30OSi. The summed E-state index contributed by atoms with van der Waals surface area (Å²) in [6.45, 7) is 8.40. The highest BCUT2D eigenvalue weighted by atomic mass is 28.3. The molecular weight excluding hydrogens is 260 g/mol. The van der Waals surface area contributed by atoms with Crippen LogP contribution in [-0.2, 0) is 10.8 Å². The average molecular weight is 291 g/mol. The predicted octanol–water partition coefficient (Wildman–Crippen LogP) is 5.22. The smallest absolute Gasteiger partial charge is 0.0579 e. The highest BCUT2D eigenvalue weighted by Gasteiger charge is 2.39. The number of benzene rings is 1. The Kier molecular flexibility index (Phi) is 5.85. The molecule has 1 nitrogen and oxygen atoms in total. The Morgan fingerprint density at radius 2 is 1.95 bits per heavy atom. The fourth-order valence-electron chi connectivity index (χ4n) is 3.68. The summed E-state index contributed by atoms with van der Waals surface area (Å²) in [5.41, 5.74) is 2.35. The minimum Gasteiger partial charge on any atom is -0.378 e. The van der Waals surface area contributed by atoms with Gasteiger partial charge in [-0.1, -0.05) is 68.8 Å². The zero-order valence-corrected chi connectivity index (χ0v) is 14.4. The van der Waals surface area contributed by atoms with Gasteiger partial charge >= 0.3 is 0 Å². The summed E-state index contributed by atoms with van der Waals surface area (Å²) in [6, 6.07) is 12.3. The third-order valence-electron chi connectivity index (χ3n) is 4.79. The summed E-state index contributed by atoms with van der Waals surface area (Å²) in [5.74, 6) is 0. The summed E-state index contributed by atoms with van der Waals surface area (Å²) in [5, 5.41) is 0. The zero-order valence-electron chi connectivity index (χ0n) is 13.4. The van der Waals surface area contributed by atoms with Crippen LogP contribution in [0.2, 0.25) is 18.6 Å². The van der Waals surface area contributed by atoms with Crippen molar-refractivity contribution in [1.29, 1.82) is 0 Å². The van der Waals surface area contributed by atoms with E-state index in [0.717, 1.165) is 12.1 Å². The van der Waals surface area contributed by atoms with E-state index in [-0.39, 0.29) is 0 Å². The third-order valence-corrected chi connectivity index (χ3v) is 8.78. The van der Waals surface area contributed by atoms with Crippen molar-refractivity contribution in [2.75, 3.05) is 6.61 Å². The summed E-state index contributed by atoms with van der Waals surface area (Å²) in [7, 11) is -1.28. The summed E-state index contributed by atoms with van der Waals surface area (Å²) >= 11 is 0. The number of hydrogen-bond acceptors (Lipinski definition) is 1. The van der Waals surface area contributed by atoms with E-state index in [1.54, 1.807) is 0 Å². The molecule has 1 aliphatic rings. The van der Waals surface area contributed by atoms with Gasteiger partial charge in [0.05, 0.1) is 14.2 Å². The topological polar surface area (TPSA) is 9.23 Å². The molecule has 1 aliphatic heterocycles. The second kappa shape index (κ2) is 7.42. The minimum atomic E-state index is -1.28. The van der Waals surface area contributed by atoms with Gasteiger partial charge in [0.25, 0.3) is 0 Å². The summed E-state index contributed by atoms with van der Waals surface area (Å²) in [4.78, 5) is 0. The van der Waals surface area contributed by atoms with Crippen molar-refractivity contribution in [3.8, 4) is 0 Å². The quantitative estimate of drug-likeness (QED) is 0.653. The standard InChI is InChI=1S/C18H30OSi/c1-4-5-12-17-18(13-9-14-19-17)20(2,3)15-16-10-7-6-8-11-16/h6-8,10-11,17-18H,4-5,9,12-15H2,1-3H3/t17-,18-/m0/s1. The van der Waals surface area contributed by atoms with Gasteiger partial charge in [-0.05, 0) is 30.8 Å². The SMILES string of the molecule is CCCC[C@@H]1OCCC[C@@H]1[Si](C)(C)Cc1ccccc1. The second-order valence-electron chi connectivity index (χ2n) is 6.95. The molecule has 1 heterocycles. The second-order valence-corrected chi connectivity index (χ2v) is 12.0. The van der Waals surface area contributed by atoms with E-state index in [1.165, 1.54) is 43.7 Å². The maximum atomic E-state index is 6.15. The van der Waals surface area contributed by atoms with Gasteiger partial charge in [-0.25, -0.2) is 0 Å². The first-order valence-electron chi connectivity index (χ1n) is 8.29. The normalized spacial score (nSPS) is 23.8. The zero-order chi connectivity index (χ0) is 14.4. The Morgan fingerprint density at radius 3 is 2.65 bits per heavy atom. The van der Waals surface area contributed by atoms with Crippen molar-refractivity contribution >= 4 is 8.07 Å². The van der Waals surface area contributed by atoms with Crippen molar-refractivity contribution in [2.45, 2.75) is 69.8 Å². The van der Waals surface area contributed by atoms with Crippen molar-refractivity contribution in [3.63, 3.8) is 0 Å². The van der Waals surface area contributed by atoms with Crippen molar-refractivity contribution < 1.29 is 4.74 Å². The number of ether oxygens (including phenoxy) is 1. The van der Waals surface area contributed by atoms with Crippen LogP contribution in [-0.4, -0.2) is 20.8 Å². The van der Waals surface area contributed by atoms with Crippen LogP contribution in [0, 0.1) is 0 Å². The van der Waals surface area contributed by atoms with Crippen molar-refractivity contribution in [1.82, 2.24) is 0 Å². The molecule has 1 saturated heterocycles. The summed E-state index contributed by atoms with van der Waals surface area (Å²) in [6.07, 6.45) is 7.06. The van der Waals surface area contributed by atoms with E-state index < -0.39 is 8.07 Å². The molecule has 2 atom stereocenters. The van der Waals surface area contributed by atoms with Crippen LogP contribution < -0.4 is 0 Å². The van der Waals surface area contributed by atoms with E-state index in [0.29, 0.717) is 6.10 Å². The molecule has 0 saturated carbocycles. The van der Waals surface area contributed by atoms with E-state index in [1.807, 2.05) is 0 Å². The van der Waals surface area contributed by atoms with Crippen LogP contribution in [0.4, 0.5) is 0 Å².